The van der Waals surface area contributed by atoms with Gasteiger partial charge in [0, 0.05) is 18.7 Å². The van der Waals surface area contributed by atoms with E-state index in [0.717, 1.165) is 11.5 Å². The zero-order chi connectivity index (χ0) is 11.4. The molecule has 0 bridgehead atoms. The van der Waals surface area contributed by atoms with Gasteiger partial charge in [0.15, 0.2) is 0 Å². The SMILES string of the molecule is C=CCn1c(C#N)ccc1Cc1ccco1. The molecule has 0 aliphatic carbocycles. The van der Waals surface area contributed by atoms with Gasteiger partial charge < -0.3 is 8.98 Å². The molecule has 2 heterocycles. The van der Waals surface area contributed by atoms with Gasteiger partial charge in [-0.1, -0.05) is 6.08 Å². The molecule has 0 aromatic carbocycles. The molecule has 2 aromatic heterocycles. The van der Waals surface area contributed by atoms with Crippen molar-refractivity contribution in [3.63, 3.8) is 0 Å². The summed E-state index contributed by atoms with van der Waals surface area (Å²) in [6.07, 6.45) is 4.14. The first-order chi connectivity index (χ1) is 7.85. The second kappa shape index (κ2) is 4.54. The van der Waals surface area contributed by atoms with Crippen LogP contribution in [0.3, 0.4) is 0 Å². The van der Waals surface area contributed by atoms with Crippen molar-refractivity contribution < 1.29 is 4.42 Å². The Balaban J connectivity index is 2.30. The van der Waals surface area contributed by atoms with Crippen LogP contribution in [-0.4, -0.2) is 4.57 Å². The van der Waals surface area contributed by atoms with Gasteiger partial charge in [-0.05, 0) is 24.3 Å². The maximum atomic E-state index is 8.96. The number of hydrogen-bond acceptors (Lipinski definition) is 2. The number of aromatic nitrogens is 1. The molecule has 0 spiro atoms. The molecule has 0 atom stereocenters. The lowest BCUT2D eigenvalue weighted by Crippen LogP contribution is -2.03. The minimum Gasteiger partial charge on any atom is -0.469 e. The van der Waals surface area contributed by atoms with E-state index in [9.17, 15) is 0 Å². The maximum Gasteiger partial charge on any atom is 0.120 e. The molecule has 0 aliphatic rings. The summed E-state index contributed by atoms with van der Waals surface area (Å²) in [5.41, 5.74) is 1.72. The highest BCUT2D eigenvalue weighted by Crippen LogP contribution is 2.14. The molecule has 0 saturated heterocycles. The van der Waals surface area contributed by atoms with Gasteiger partial charge in [-0.15, -0.1) is 6.58 Å². The predicted molar refractivity (Wildman–Crippen MR) is 60.9 cm³/mol. The minimum atomic E-state index is 0.645. The molecular weight excluding hydrogens is 200 g/mol. The monoisotopic (exact) mass is 212 g/mol. The van der Waals surface area contributed by atoms with Gasteiger partial charge in [0.1, 0.15) is 17.5 Å². The molecule has 0 unspecified atom stereocenters. The van der Waals surface area contributed by atoms with Gasteiger partial charge in [0.25, 0.3) is 0 Å². The van der Waals surface area contributed by atoms with Gasteiger partial charge in [-0.2, -0.15) is 5.26 Å². The molecule has 16 heavy (non-hydrogen) atoms. The first-order valence-electron chi connectivity index (χ1n) is 5.07. The van der Waals surface area contributed by atoms with E-state index in [2.05, 4.69) is 12.6 Å². The van der Waals surface area contributed by atoms with E-state index in [1.165, 1.54) is 0 Å². The van der Waals surface area contributed by atoms with Crippen LogP contribution in [0, 0.1) is 11.3 Å². The fourth-order valence-corrected chi connectivity index (χ4v) is 1.70. The molecule has 0 amide bonds. The predicted octanol–water partition coefficient (Wildman–Crippen LogP) is 2.73. The van der Waals surface area contributed by atoms with E-state index in [1.807, 2.05) is 28.8 Å². The van der Waals surface area contributed by atoms with Crippen molar-refractivity contribution >= 4 is 0 Å². The fourth-order valence-electron chi connectivity index (χ4n) is 1.70. The summed E-state index contributed by atoms with van der Waals surface area (Å²) in [6, 6.07) is 9.73. The third-order valence-corrected chi connectivity index (χ3v) is 2.43. The van der Waals surface area contributed by atoms with Crippen molar-refractivity contribution in [2.75, 3.05) is 0 Å². The molecular formula is C13H12N2O. The van der Waals surface area contributed by atoms with Crippen molar-refractivity contribution in [1.82, 2.24) is 4.57 Å². The lowest BCUT2D eigenvalue weighted by Gasteiger charge is -2.06. The summed E-state index contributed by atoms with van der Waals surface area (Å²) in [6.45, 7) is 4.34. The van der Waals surface area contributed by atoms with E-state index in [-0.39, 0.29) is 0 Å². The van der Waals surface area contributed by atoms with E-state index < -0.39 is 0 Å². The Morgan fingerprint density at radius 2 is 2.31 bits per heavy atom. The van der Waals surface area contributed by atoms with E-state index in [1.54, 1.807) is 12.3 Å². The standard InChI is InChI=1S/C13H12N2O/c1-2-7-15-11(5-6-12(15)10-14)9-13-4-3-8-16-13/h2-6,8H,1,7,9H2. The highest BCUT2D eigenvalue weighted by Gasteiger charge is 2.08. The molecule has 2 aromatic rings. The highest BCUT2D eigenvalue weighted by atomic mass is 16.3. The van der Waals surface area contributed by atoms with Gasteiger partial charge in [-0.25, -0.2) is 0 Å². The quantitative estimate of drug-likeness (QED) is 0.731. The van der Waals surface area contributed by atoms with Crippen LogP contribution in [0.15, 0.2) is 47.6 Å². The number of furan rings is 1. The van der Waals surface area contributed by atoms with Gasteiger partial charge in [0.05, 0.1) is 6.26 Å². The van der Waals surface area contributed by atoms with Crippen LogP contribution in [0.1, 0.15) is 17.1 Å². The fraction of sp³-hybridized carbons (Fsp3) is 0.154. The zero-order valence-electron chi connectivity index (χ0n) is 8.89. The first-order valence-corrected chi connectivity index (χ1v) is 5.07. The Morgan fingerprint density at radius 3 is 2.94 bits per heavy atom. The average Bonchev–Trinajstić information content (AvgIpc) is 2.91. The summed E-state index contributed by atoms with van der Waals surface area (Å²) < 4.78 is 7.23. The van der Waals surface area contributed by atoms with Crippen LogP contribution in [0.25, 0.3) is 0 Å². The number of nitriles is 1. The smallest absolute Gasteiger partial charge is 0.120 e. The van der Waals surface area contributed by atoms with Crippen LogP contribution in [-0.2, 0) is 13.0 Å². The molecule has 3 nitrogen and oxygen atoms in total. The van der Waals surface area contributed by atoms with Crippen molar-refractivity contribution in [2.45, 2.75) is 13.0 Å². The normalized spacial score (nSPS) is 9.94. The molecule has 3 heteroatoms. The van der Waals surface area contributed by atoms with Crippen molar-refractivity contribution in [3.05, 3.63) is 60.3 Å². The van der Waals surface area contributed by atoms with Crippen LogP contribution >= 0.6 is 0 Å². The second-order valence-corrected chi connectivity index (χ2v) is 3.48. The largest absolute Gasteiger partial charge is 0.469 e. The molecule has 0 fully saturated rings. The molecule has 0 aliphatic heterocycles. The first kappa shape index (κ1) is 10.3. The Labute approximate surface area is 94.2 Å². The van der Waals surface area contributed by atoms with E-state index >= 15 is 0 Å². The number of rotatable bonds is 4. The summed E-state index contributed by atoms with van der Waals surface area (Å²) in [4.78, 5) is 0. The Morgan fingerprint density at radius 1 is 1.44 bits per heavy atom. The highest BCUT2D eigenvalue weighted by molar-refractivity contribution is 5.29. The third kappa shape index (κ3) is 1.91. The third-order valence-electron chi connectivity index (χ3n) is 2.43. The summed E-state index contributed by atoms with van der Waals surface area (Å²) >= 11 is 0. The zero-order valence-corrected chi connectivity index (χ0v) is 8.89. The van der Waals surface area contributed by atoms with Crippen LogP contribution < -0.4 is 0 Å². The van der Waals surface area contributed by atoms with Crippen LogP contribution in [0.4, 0.5) is 0 Å². The van der Waals surface area contributed by atoms with Gasteiger partial charge in [0.2, 0.25) is 0 Å². The molecule has 0 N–H and O–H groups in total. The van der Waals surface area contributed by atoms with E-state index in [4.69, 9.17) is 9.68 Å². The molecule has 80 valence electrons. The summed E-state index contributed by atoms with van der Waals surface area (Å²) in [5, 5.41) is 8.96. The van der Waals surface area contributed by atoms with Crippen LogP contribution in [0.5, 0.6) is 0 Å². The lowest BCUT2D eigenvalue weighted by atomic mass is 10.2. The van der Waals surface area contributed by atoms with Crippen LogP contribution in [0.2, 0.25) is 0 Å². The Kier molecular flexibility index (Phi) is 2.93. The minimum absolute atomic E-state index is 0.645. The number of nitrogens with zero attached hydrogens (tertiary/aromatic N) is 2. The Hall–Kier alpha value is -2.21. The number of hydrogen-bond donors (Lipinski definition) is 0. The number of allylic oxidation sites excluding steroid dienone is 1. The van der Waals surface area contributed by atoms with Crippen molar-refractivity contribution in [3.8, 4) is 6.07 Å². The second-order valence-electron chi connectivity index (χ2n) is 3.48. The molecule has 0 radical (unpaired) electrons. The molecule has 0 saturated carbocycles. The van der Waals surface area contributed by atoms with E-state index in [0.29, 0.717) is 18.7 Å². The average molecular weight is 212 g/mol. The van der Waals surface area contributed by atoms with Crippen molar-refractivity contribution in [1.29, 1.82) is 5.26 Å². The summed E-state index contributed by atoms with van der Waals surface area (Å²) in [5.74, 6) is 0.896. The topological polar surface area (TPSA) is 41.9 Å². The molecule has 2 rings (SSSR count). The lowest BCUT2D eigenvalue weighted by molar-refractivity contribution is 0.515. The Bertz CT molecular complexity index is 515. The van der Waals surface area contributed by atoms with Crippen molar-refractivity contribution in [2.24, 2.45) is 0 Å². The maximum absolute atomic E-state index is 8.96. The summed E-state index contributed by atoms with van der Waals surface area (Å²) in [7, 11) is 0. The van der Waals surface area contributed by atoms with Gasteiger partial charge >= 0.3 is 0 Å². The van der Waals surface area contributed by atoms with Gasteiger partial charge in [-0.3, -0.25) is 0 Å².